The molecule has 0 saturated carbocycles. The lowest BCUT2D eigenvalue weighted by Gasteiger charge is -2.26. The van der Waals surface area contributed by atoms with E-state index >= 15 is 0 Å². The van der Waals surface area contributed by atoms with Crippen LogP contribution >= 0.6 is 24.0 Å². The van der Waals surface area contributed by atoms with Gasteiger partial charge < -0.3 is 15.0 Å². The summed E-state index contributed by atoms with van der Waals surface area (Å²) in [5.41, 5.74) is 0. The fourth-order valence-electron chi connectivity index (χ4n) is 3.41. The van der Waals surface area contributed by atoms with Crippen LogP contribution in [0.5, 0.6) is 5.75 Å². The Bertz CT molecular complexity index is 705. The van der Waals surface area contributed by atoms with Gasteiger partial charge in [0, 0.05) is 32.2 Å². The van der Waals surface area contributed by atoms with E-state index in [2.05, 4.69) is 10.3 Å². The van der Waals surface area contributed by atoms with Crippen LogP contribution in [0.15, 0.2) is 23.2 Å². The molecule has 0 aromatic heterocycles. The number of benzene rings is 1. The highest BCUT2D eigenvalue weighted by Gasteiger charge is 2.33. The van der Waals surface area contributed by atoms with E-state index < -0.39 is 24.4 Å². The number of likely N-dealkylation sites (tertiary alicyclic amines) is 1. The van der Waals surface area contributed by atoms with Gasteiger partial charge in [-0.25, -0.2) is 13.8 Å². The quantitative estimate of drug-likeness (QED) is 0.161. The van der Waals surface area contributed by atoms with Crippen molar-refractivity contribution in [1.29, 1.82) is 0 Å². The van der Waals surface area contributed by atoms with E-state index in [1.165, 1.54) is 11.0 Å². The SMILES string of the molecule is CCNC(=NCCOc1ccc(F)c(F)c1)N1CCC(CN(CC)CC(F)(F)F)C1.I. The van der Waals surface area contributed by atoms with Gasteiger partial charge >= 0.3 is 6.18 Å². The third-order valence-electron chi connectivity index (χ3n) is 4.80. The summed E-state index contributed by atoms with van der Waals surface area (Å²) in [6, 6.07) is 3.33. The first-order valence-electron chi connectivity index (χ1n) is 10.1. The second-order valence-electron chi connectivity index (χ2n) is 7.20. The zero-order valence-corrected chi connectivity index (χ0v) is 20.1. The Morgan fingerprint density at radius 1 is 1.26 bits per heavy atom. The second-order valence-corrected chi connectivity index (χ2v) is 7.20. The molecule has 1 aromatic rings. The smallest absolute Gasteiger partial charge is 0.401 e. The number of halogens is 6. The zero-order valence-electron chi connectivity index (χ0n) is 17.7. The molecule has 178 valence electrons. The van der Waals surface area contributed by atoms with Crippen molar-refractivity contribution in [1.82, 2.24) is 15.1 Å². The lowest BCUT2D eigenvalue weighted by Crippen LogP contribution is -2.42. The molecule has 1 heterocycles. The highest BCUT2D eigenvalue weighted by Crippen LogP contribution is 2.21. The fraction of sp³-hybridized carbons (Fsp3) is 0.650. The molecule has 1 atom stereocenters. The van der Waals surface area contributed by atoms with E-state index in [0.717, 1.165) is 18.6 Å². The molecule has 2 rings (SSSR count). The van der Waals surface area contributed by atoms with Gasteiger partial charge in [-0.2, -0.15) is 13.2 Å². The van der Waals surface area contributed by atoms with Gasteiger partial charge in [-0.3, -0.25) is 4.90 Å². The van der Waals surface area contributed by atoms with Crippen LogP contribution in [0.2, 0.25) is 0 Å². The molecule has 0 aliphatic carbocycles. The number of ether oxygens (including phenoxy) is 1. The van der Waals surface area contributed by atoms with Crippen LogP contribution in [0, 0.1) is 17.6 Å². The number of hydrogen-bond donors (Lipinski definition) is 1. The van der Waals surface area contributed by atoms with Crippen LogP contribution in [0.4, 0.5) is 22.0 Å². The molecule has 1 N–H and O–H groups in total. The maximum atomic E-state index is 13.2. The summed E-state index contributed by atoms with van der Waals surface area (Å²) in [4.78, 5) is 7.95. The molecule has 0 bridgehead atoms. The molecule has 1 aliphatic rings. The normalized spacial score (nSPS) is 17.1. The summed E-state index contributed by atoms with van der Waals surface area (Å²) in [5, 5.41) is 3.18. The second kappa shape index (κ2) is 13.2. The number of nitrogens with zero attached hydrogens (tertiary/aromatic N) is 3. The van der Waals surface area contributed by atoms with Gasteiger partial charge in [0.25, 0.3) is 0 Å². The number of guanidine groups is 1. The van der Waals surface area contributed by atoms with Crippen LogP contribution in [-0.2, 0) is 0 Å². The Labute approximate surface area is 197 Å². The monoisotopic (exact) mass is 564 g/mol. The van der Waals surface area contributed by atoms with E-state index in [0.29, 0.717) is 45.2 Å². The van der Waals surface area contributed by atoms with Crippen molar-refractivity contribution in [2.75, 3.05) is 52.4 Å². The van der Waals surface area contributed by atoms with E-state index in [9.17, 15) is 22.0 Å². The molecule has 1 aromatic carbocycles. The molecule has 0 spiro atoms. The van der Waals surface area contributed by atoms with Gasteiger partial charge in [0.05, 0.1) is 13.1 Å². The van der Waals surface area contributed by atoms with E-state index in [1.54, 1.807) is 6.92 Å². The molecule has 1 aliphatic heterocycles. The van der Waals surface area contributed by atoms with Crippen molar-refractivity contribution in [2.45, 2.75) is 26.4 Å². The summed E-state index contributed by atoms with van der Waals surface area (Å²) >= 11 is 0. The highest BCUT2D eigenvalue weighted by molar-refractivity contribution is 14.0. The van der Waals surface area contributed by atoms with Gasteiger partial charge in [-0.1, -0.05) is 6.92 Å². The average Bonchev–Trinajstić information content (AvgIpc) is 3.13. The van der Waals surface area contributed by atoms with Gasteiger partial charge in [-0.15, -0.1) is 24.0 Å². The molecular weight excluding hydrogens is 534 g/mol. The lowest BCUT2D eigenvalue weighted by molar-refractivity contribution is -0.146. The Balaban J connectivity index is 0.00000480. The molecule has 0 amide bonds. The summed E-state index contributed by atoms with van der Waals surface area (Å²) in [5.74, 6) is -0.878. The topological polar surface area (TPSA) is 40.1 Å². The molecule has 1 saturated heterocycles. The maximum absolute atomic E-state index is 13.2. The number of aliphatic imine (C=N–C) groups is 1. The Kier molecular flexibility index (Phi) is 11.8. The Hall–Kier alpha value is -1.37. The van der Waals surface area contributed by atoms with Crippen LogP contribution in [0.1, 0.15) is 20.3 Å². The number of hydrogen-bond acceptors (Lipinski definition) is 3. The van der Waals surface area contributed by atoms with Crippen molar-refractivity contribution >= 4 is 29.9 Å². The molecule has 1 unspecified atom stereocenters. The molecule has 0 radical (unpaired) electrons. The first-order valence-corrected chi connectivity index (χ1v) is 10.1. The van der Waals surface area contributed by atoms with Crippen LogP contribution in [-0.4, -0.2) is 74.4 Å². The van der Waals surface area contributed by atoms with Gasteiger partial charge in [0.2, 0.25) is 0 Å². The van der Waals surface area contributed by atoms with Crippen LogP contribution < -0.4 is 10.1 Å². The molecular formula is C20H30F5IN4O. The van der Waals surface area contributed by atoms with Crippen molar-refractivity contribution in [3.05, 3.63) is 29.8 Å². The third kappa shape index (κ3) is 9.75. The van der Waals surface area contributed by atoms with Crippen molar-refractivity contribution < 1.29 is 26.7 Å². The minimum Gasteiger partial charge on any atom is -0.492 e. The van der Waals surface area contributed by atoms with E-state index in [4.69, 9.17) is 4.74 Å². The average molecular weight is 564 g/mol. The number of nitrogens with one attached hydrogen (secondary N) is 1. The highest BCUT2D eigenvalue weighted by atomic mass is 127. The first-order chi connectivity index (χ1) is 14.2. The maximum Gasteiger partial charge on any atom is 0.401 e. The number of alkyl halides is 3. The standard InChI is InChI=1S/C20H29F5N4O.HI/c1-3-26-19(27-8-10-30-16-5-6-17(21)18(22)11-16)29-9-7-15(13-29)12-28(4-2)14-20(23,24)25;/h5-6,11,15H,3-4,7-10,12-14H2,1-2H3,(H,26,27);1H. The summed E-state index contributed by atoms with van der Waals surface area (Å²) in [6.07, 6.45) is -3.40. The van der Waals surface area contributed by atoms with Crippen LogP contribution in [0.25, 0.3) is 0 Å². The number of rotatable bonds is 9. The van der Waals surface area contributed by atoms with Crippen molar-refractivity contribution in [3.63, 3.8) is 0 Å². The predicted octanol–water partition coefficient (Wildman–Crippen LogP) is 4.13. The lowest BCUT2D eigenvalue weighted by atomic mass is 10.1. The summed E-state index contributed by atoms with van der Waals surface area (Å²) < 4.78 is 69.6. The van der Waals surface area contributed by atoms with Gasteiger partial charge in [0.15, 0.2) is 17.6 Å². The fourth-order valence-corrected chi connectivity index (χ4v) is 3.41. The van der Waals surface area contributed by atoms with Crippen LogP contribution in [0.3, 0.4) is 0 Å². The van der Waals surface area contributed by atoms with Crippen molar-refractivity contribution in [3.8, 4) is 5.75 Å². The summed E-state index contributed by atoms with van der Waals surface area (Å²) in [7, 11) is 0. The Morgan fingerprint density at radius 3 is 2.61 bits per heavy atom. The van der Waals surface area contributed by atoms with Gasteiger partial charge in [-0.05, 0) is 37.9 Å². The van der Waals surface area contributed by atoms with E-state index in [1.807, 2.05) is 11.8 Å². The summed E-state index contributed by atoms with van der Waals surface area (Å²) in [6.45, 7) is 6.00. The predicted molar refractivity (Wildman–Crippen MR) is 121 cm³/mol. The molecule has 11 heteroatoms. The molecule has 5 nitrogen and oxygen atoms in total. The molecule has 1 fully saturated rings. The minimum absolute atomic E-state index is 0. The first kappa shape index (κ1) is 27.7. The minimum atomic E-state index is -4.20. The molecule has 31 heavy (non-hydrogen) atoms. The largest absolute Gasteiger partial charge is 0.492 e. The third-order valence-corrected chi connectivity index (χ3v) is 4.80. The Morgan fingerprint density at radius 2 is 2.00 bits per heavy atom. The zero-order chi connectivity index (χ0) is 22.1. The van der Waals surface area contributed by atoms with Crippen molar-refractivity contribution in [2.24, 2.45) is 10.9 Å². The van der Waals surface area contributed by atoms with Gasteiger partial charge in [0.1, 0.15) is 12.4 Å². The van der Waals surface area contributed by atoms with E-state index in [-0.39, 0.29) is 42.3 Å².